The molecule has 8 rings (SSSR count). The molecule has 11 heteroatoms. The number of para-hydroxylation sites is 1. The zero-order chi connectivity index (χ0) is 40.7. The second-order valence-corrected chi connectivity index (χ2v) is 15.9. The molecule has 0 aliphatic carbocycles. The zero-order valence-electron chi connectivity index (χ0n) is 33.6. The number of benzene rings is 4. The van der Waals surface area contributed by atoms with Crippen LogP contribution in [0.5, 0.6) is 17.2 Å². The third-order valence-electron chi connectivity index (χ3n) is 11.4. The van der Waals surface area contributed by atoms with Gasteiger partial charge in [0.2, 0.25) is 0 Å². The van der Waals surface area contributed by atoms with Gasteiger partial charge in [-0.3, -0.25) is 9.88 Å². The van der Waals surface area contributed by atoms with Gasteiger partial charge in [-0.2, -0.15) is 10.4 Å². The van der Waals surface area contributed by atoms with E-state index in [1.54, 1.807) is 18.5 Å². The van der Waals surface area contributed by atoms with Gasteiger partial charge in [0.25, 0.3) is 0 Å². The Balaban J connectivity index is 0.981. The first-order valence-corrected chi connectivity index (χ1v) is 20.7. The van der Waals surface area contributed by atoms with E-state index in [1.165, 1.54) is 11.3 Å². The number of rotatable bonds is 15. The van der Waals surface area contributed by atoms with E-state index in [9.17, 15) is 10.4 Å². The SMILES string of the molecule is Cc1c(COc2cc(OCc3cncc(C#N)c3)c(CN3CCc4c(cnn4-c4ccccc4)C3)cc2Cl)cccc1-c1cccc(OCCCN2CCC(O)C2)c1C. The molecule has 0 radical (unpaired) electrons. The van der Waals surface area contributed by atoms with Gasteiger partial charge in [0.05, 0.1) is 35.2 Å². The van der Waals surface area contributed by atoms with Gasteiger partial charge in [0, 0.05) is 86.5 Å². The van der Waals surface area contributed by atoms with Crippen molar-refractivity contribution in [3.8, 4) is 40.1 Å². The predicted octanol–water partition coefficient (Wildman–Crippen LogP) is 8.63. The molecule has 1 fully saturated rings. The molecule has 4 aromatic carbocycles. The summed E-state index contributed by atoms with van der Waals surface area (Å²) in [6, 6.07) is 30.5. The quantitative estimate of drug-likeness (QED) is 0.102. The molecule has 2 aromatic heterocycles. The second kappa shape index (κ2) is 18.5. The largest absolute Gasteiger partial charge is 0.493 e. The number of likely N-dealkylation sites (tertiary alicyclic amines) is 1. The van der Waals surface area contributed by atoms with Crippen LogP contribution >= 0.6 is 11.6 Å². The van der Waals surface area contributed by atoms with Crippen LogP contribution in [0.25, 0.3) is 16.8 Å². The zero-order valence-corrected chi connectivity index (χ0v) is 34.4. The smallest absolute Gasteiger partial charge is 0.142 e. The number of fused-ring (bicyclic) bond motifs is 1. The van der Waals surface area contributed by atoms with Crippen molar-refractivity contribution in [2.24, 2.45) is 0 Å². The van der Waals surface area contributed by atoms with Crippen LogP contribution in [-0.2, 0) is 32.7 Å². The summed E-state index contributed by atoms with van der Waals surface area (Å²) in [7, 11) is 0. The summed E-state index contributed by atoms with van der Waals surface area (Å²) < 4.78 is 21.3. The molecule has 0 bridgehead atoms. The Bertz CT molecular complexity index is 2450. The van der Waals surface area contributed by atoms with E-state index >= 15 is 0 Å². The molecule has 1 saturated heterocycles. The summed E-state index contributed by atoms with van der Waals surface area (Å²) in [5.74, 6) is 2.07. The lowest BCUT2D eigenvalue weighted by Gasteiger charge is -2.28. The maximum absolute atomic E-state index is 9.84. The van der Waals surface area contributed by atoms with Gasteiger partial charge in [0.1, 0.15) is 36.5 Å². The summed E-state index contributed by atoms with van der Waals surface area (Å²) in [6.07, 6.45) is 7.65. The number of hydrogen-bond acceptors (Lipinski definition) is 9. The number of halogens is 1. The first-order chi connectivity index (χ1) is 28.8. The van der Waals surface area contributed by atoms with Crippen LogP contribution in [0, 0.1) is 25.2 Å². The molecular weight excluding hydrogens is 760 g/mol. The summed E-state index contributed by atoms with van der Waals surface area (Å²) in [6.45, 7) is 10.2. The van der Waals surface area contributed by atoms with Gasteiger partial charge in [-0.1, -0.05) is 60.1 Å². The topological polar surface area (TPSA) is 109 Å². The molecule has 0 spiro atoms. The second-order valence-electron chi connectivity index (χ2n) is 15.4. The number of nitrogens with zero attached hydrogens (tertiary/aromatic N) is 6. The highest BCUT2D eigenvalue weighted by molar-refractivity contribution is 6.32. The Hall–Kier alpha value is -5.70. The maximum Gasteiger partial charge on any atom is 0.142 e. The highest BCUT2D eigenvalue weighted by Crippen LogP contribution is 2.37. The number of ether oxygens (including phenoxy) is 3. The monoisotopic (exact) mass is 808 g/mol. The first kappa shape index (κ1) is 40.1. The average molecular weight is 809 g/mol. The molecule has 0 amide bonds. The lowest BCUT2D eigenvalue weighted by molar-refractivity contribution is 0.173. The Morgan fingerprint density at radius 3 is 2.44 bits per heavy atom. The number of aromatic nitrogens is 3. The van der Waals surface area contributed by atoms with Crippen molar-refractivity contribution < 1.29 is 19.3 Å². The lowest BCUT2D eigenvalue weighted by Crippen LogP contribution is -2.30. The molecule has 1 N–H and O–H groups in total. The fraction of sp³-hybridized carbons (Fsp3) is 0.312. The molecule has 59 heavy (non-hydrogen) atoms. The summed E-state index contributed by atoms with van der Waals surface area (Å²) in [4.78, 5) is 8.90. The van der Waals surface area contributed by atoms with Crippen molar-refractivity contribution in [3.63, 3.8) is 0 Å². The van der Waals surface area contributed by atoms with Crippen molar-refractivity contribution in [2.75, 3.05) is 32.8 Å². The van der Waals surface area contributed by atoms with Crippen LogP contribution in [0.3, 0.4) is 0 Å². The minimum absolute atomic E-state index is 0.204. The number of β-amino-alcohol motifs (C(OH)–C–C–N with tert-alkyl or cyclic N) is 1. The van der Waals surface area contributed by atoms with Gasteiger partial charge < -0.3 is 24.2 Å². The van der Waals surface area contributed by atoms with Gasteiger partial charge in [0.15, 0.2) is 0 Å². The van der Waals surface area contributed by atoms with Crippen molar-refractivity contribution >= 4 is 11.6 Å². The number of nitriles is 1. The lowest BCUT2D eigenvalue weighted by atomic mass is 9.93. The van der Waals surface area contributed by atoms with E-state index in [0.29, 0.717) is 41.8 Å². The third-order valence-corrected chi connectivity index (χ3v) is 11.7. The third kappa shape index (κ3) is 9.46. The number of aliphatic hydroxyl groups is 1. The van der Waals surface area contributed by atoms with Crippen molar-refractivity contribution in [1.29, 1.82) is 5.26 Å². The van der Waals surface area contributed by atoms with Crippen LogP contribution in [-0.4, -0.2) is 68.6 Å². The van der Waals surface area contributed by atoms with Crippen LogP contribution in [0.1, 0.15) is 57.5 Å². The number of aliphatic hydroxyl groups excluding tert-OH is 1. The standard InChI is InChI=1S/C48H49ClN6O4/c1-33-37(9-6-12-42(33)43-13-7-14-46(34(43)2)57-20-8-17-53-18-15-41(56)30-53)32-59-48-23-47(58-31-36-21-35(24-50)25-51-26-36)38(22-44(48)49)28-54-19-16-45-39(29-54)27-52-55(45)40-10-4-3-5-11-40/h3-7,9-14,21-23,25-27,41,56H,8,15-20,28-32H2,1-2H3. The molecule has 2 aliphatic rings. The van der Waals surface area contributed by atoms with E-state index in [2.05, 4.69) is 71.1 Å². The molecular formula is C48H49ClN6O4. The van der Waals surface area contributed by atoms with Crippen molar-refractivity contribution in [3.05, 3.63) is 153 Å². The van der Waals surface area contributed by atoms with E-state index in [0.717, 1.165) is 102 Å². The van der Waals surface area contributed by atoms with E-state index < -0.39 is 0 Å². The molecule has 1 atom stereocenters. The summed E-state index contributed by atoms with van der Waals surface area (Å²) in [5, 5.41) is 24.5. The van der Waals surface area contributed by atoms with Crippen LogP contribution < -0.4 is 14.2 Å². The number of hydrogen-bond donors (Lipinski definition) is 1. The first-order valence-electron chi connectivity index (χ1n) is 20.3. The predicted molar refractivity (Wildman–Crippen MR) is 229 cm³/mol. The van der Waals surface area contributed by atoms with Crippen LogP contribution in [0.4, 0.5) is 0 Å². The van der Waals surface area contributed by atoms with Crippen molar-refractivity contribution in [1.82, 2.24) is 24.6 Å². The minimum Gasteiger partial charge on any atom is -0.493 e. The van der Waals surface area contributed by atoms with E-state index in [-0.39, 0.29) is 12.7 Å². The highest BCUT2D eigenvalue weighted by Gasteiger charge is 2.24. The molecule has 6 aromatic rings. The number of pyridine rings is 1. The highest BCUT2D eigenvalue weighted by atomic mass is 35.5. The normalized spacial score (nSPS) is 15.5. The van der Waals surface area contributed by atoms with Gasteiger partial charge in [-0.05, 0) is 84.8 Å². The molecule has 10 nitrogen and oxygen atoms in total. The molecule has 0 saturated carbocycles. The Labute approximate surface area is 351 Å². The van der Waals surface area contributed by atoms with Crippen LogP contribution in [0.2, 0.25) is 5.02 Å². The molecule has 4 heterocycles. The fourth-order valence-electron chi connectivity index (χ4n) is 8.13. The van der Waals surface area contributed by atoms with Crippen LogP contribution in [0.15, 0.2) is 104 Å². The molecule has 302 valence electrons. The molecule has 1 unspecified atom stereocenters. The van der Waals surface area contributed by atoms with Gasteiger partial charge >= 0.3 is 0 Å². The van der Waals surface area contributed by atoms with E-state index in [4.69, 9.17) is 30.9 Å². The minimum atomic E-state index is -0.204. The Morgan fingerprint density at radius 1 is 0.814 bits per heavy atom. The Morgan fingerprint density at radius 2 is 1.63 bits per heavy atom. The summed E-state index contributed by atoms with van der Waals surface area (Å²) in [5.41, 5.74) is 11.2. The van der Waals surface area contributed by atoms with Gasteiger partial charge in [-0.25, -0.2) is 4.68 Å². The Kier molecular flexibility index (Phi) is 12.6. The summed E-state index contributed by atoms with van der Waals surface area (Å²) >= 11 is 7.01. The fourth-order valence-corrected chi connectivity index (χ4v) is 8.37. The van der Waals surface area contributed by atoms with E-state index in [1.807, 2.05) is 53.3 Å². The van der Waals surface area contributed by atoms with Crippen molar-refractivity contribution in [2.45, 2.75) is 65.5 Å². The maximum atomic E-state index is 9.84. The van der Waals surface area contributed by atoms with Gasteiger partial charge in [-0.15, -0.1) is 0 Å². The average Bonchev–Trinajstić information content (AvgIpc) is 3.88. The molecule has 2 aliphatic heterocycles.